The third kappa shape index (κ3) is 3.11. The predicted molar refractivity (Wildman–Crippen MR) is 74.1 cm³/mol. The van der Waals surface area contributed by atoms with Crippen molar-refractivity contribution in [2.45, 2.75) is 10.1 Å². The predicted octanol–water partition coefficient (Wildman–Crippen LogP) is 3.01. The van der Waals surface area contributed by atoms with Gasteiger partial charge in [-0.2, -0.15) is 0 Å². The van der Waals surface area contributed by atoms with Crippen LogP contribution in [0.15, 0.2) is 40.6 Å². The minimum absolute atomic E-state index is 0. The molecular formula is C12H15ClN2O2S. The second-order valence-corrected chi connectivity index (χ2v) is 4.48. The summed E-state index contributed by atoms with van der Waals surface area (Å²) in [7, 11) is 5.23. The minimum Gasteiger partial charge on any atom is -0.493 e. The number of aryl methyl sites for hydroxylation is 1. The molecular weight excluding hydrogens is 272 g/mol. The summed E-state index contributed by atoms with van der Waals surface area (Å²) in [5.74, 6) is 1.46. The molecule has 1 aromatic heterocycles. The molecule has 1 aromatic carbocycles. The second-order valence-electron chi connectivity index (χ2n) is 3.44. The van der Waals surface area contributed by atoms with Crippen LogP contribution in [0, 0.1) is 0 Å². The Morgan fingerprint density at radius 3 is 2.44 bits per heavy atom. The van der Waals surface area contributed by atoms with E-state index in [1.165, 1.54) is 0 Å². The van der Waals surface area contributed by atoms with E-state index in [0.717, 1.165) is 21.6 Å². The van der Waals surface area contributed by atoms with E-state index < -0.39 is 0 Å². The molecule has 0 unspecified atom stereocenters. The van der Waals surface area contributed by atoms with Crippen LogP contribution in [0.4, 0.5) is 0 Å². The Balaban J connectivity index is 0.00000162. The average Bonchev–Trinajstić information content (AvgIpc) is 2.75. The van der Waals surface area contributed by atoms with Gasteiger partial charge in [-0.1, -0.05) is 11.8 Å². The van der Waals surface area contributed by atoms with E-state index in [1.807, 2.05) is 36.0 Å². The van der Waals surface area contributed by atoms with Crippen LogP contribution in [0.5, 0.6) is 11.5 Å². The molecule has 6 heteroatoms. The highest BCUT2D eigenvalue weighted by Crippen LogP contribution is 2.34. The van der Waals surface area contributed by atoms with E-state index in [1.54, 1.807) is 32.2 Å². The molecule has 0 N–H and O–H groups in total. The zero-order valence-electron chi connectivity index (χ0n) is 10.4. The number of imidazole rings is 1. The quantitative estimate of drug-likeness (QED) is 0.866. The summed E-state index contributed by atoms with van der Waals surface area (Å²) in [6, 6.07) is 5.82. The van der Waals surface area contributed by atoms with Crippen molar-refractivity contribution in [2.75, 3.05) is 14.2 Å². The maximum absolute atomic E-state index is 5.26. The third-order valence-electron chi connectivity index (χ3n) is 2.34. The highest BCUT2D eigenvalue weighted by molar-refractivity contribution is 7.99. The van der Waals surface area contributed by atoms with Gasteiger partial charge in [-0.15, -0.1) is 12.4 Å². The van der Waals surface area contributed by atoms with Crippen LogP contribution in [-0.2, 0) is 7.05 Å². The molecule has 0 amide bonds. The normalized spacial score (nSPS) is 9.72. The molecule has 0 aliphatic rings. The highest BCUT2D eigenvalue weighted by Gasteiger charge is 2.07. The molecule has 1 heterocycles. The van der Waals surface area contributed by atoms with E-state index in [9.17, 15) is 0 Å². The lowest BCUT2D eigenvalue weighted by molar-refractivity contribution is 0.354. The van der Waals surface area contributed by atoms with Crippen molar-refractivity contribution in [1.29, 1.82) is 0 Å². The van der Waals surface area contributed by atoms with Crippen LogP contribution in [0.2, 0.25) is 0 Å². The Morgan fingerprint density at radius 2 is 1.89 bits per heavy atom. The van der Waals surface area contributed by atoms with Crippen molar-refractivity contribution in [2.24, 2.45) is 7.05 Å². The van der Waals surface area contributed by atoms with Crippen LogP contribution in [0.3, 0.4) is 0 Å². The van der Waals surface area contributed by atoms with Gasteiger partial charge in [0.2, 0.25) is 0 Å². The van der Waals surface area contributed by atoms with Gasteiger partial charge in [0.05, 0.1) is 14.2 Å². The van der Waals surface area contributed by atoms with Crippen LogP contribution in [-0.4, -0.2) is 23.8 Å². The fourth-order valence-electron chi connectivity index (χ4n) is 1.44. The van der Waals surface area contributed by atoms with Gasteiger partial charge in [-0.3, -0.25) is 0 Å². The molecule has 0 fully saturated rings. The first-order chi connectivity index (χ1) is 8.24. The maximum atomic E-state index is 5.26. The standard InChI is InChI=1S/C12H14N2O2S.ClH/c1-14-7-6-13-12(14)17-9-4-5-10(15-2)11(8-9)16-3;/h4-8H,1-3H3;1H. The molecule has 0 radical (unpaired) electrons. The summed E-state index contributed by atoms with van der Waals surface area (Å²) in [6.07, 6.45) is 3.70. The molecule has 0 atom stereocenters. The lowest BCUT2D eigenvalue weighted by atomic mass is 10.3. The van der Waals surface area contributed by atoms with Crippen molar-refractivity contribution >= 4 is 24.2 Å². The van der Waals surface area contributed by atoms with Crippen LogP contribution in [0.25, 0.3) is 0 Å². The molecule has 0 aliphatic heterocycles. The van der Waals surface area contributed by atoms with E-state index in [0.29, 0.717) is 0 Å². The molecule has 0 aliphatic carbocycles. The monoisotopic (exact) mass is 286 g/mol. The SMILES string of the molecule is COc1ccc(Sc2nccn2C)cc1OC.Cl. The molecule has 2 rings (SSSR count). The van der Waals surface area contributed by atoms with Gasteiger partial charge < -0.3 is 14.0 Å². The number of nitrogens with zero attached hydrogens (tertiary/aromatic N) is 2. The Hall–Kier alpha value is -1.33. The summed E-state index contributed by atoms with van der Waals surface area (Å²) >= 11 is 1.59. The average molecular weight is 287 g/mol. The maximum Gasteiger partial charge on any atom is 0.172 e. The Morgan fingerprint density at radius 1 is 1.17 bits per heavy atom. The van der Waals surface area contributed by atoms with Gasteiger partial charge in [-0.25, -0.2) is 4.98 Å². The van der Waals surface area contributed by atoms with E-state index in [2.05, 4.69) is 4.98 Å². The summed E-state index contributed by atoms with van der Waals surface area (Å²) in [6.45, 7) is 0. The summed E-state index contributed by atoms with van der Waals surface area (Å²) in [5.41, 5.74) is 0. The second kappa shape index (κ2) is 6.56. The largest absolute Gasteiger partial charge is 0.493 e. The van der Waals surface area contributed by atoms with Crippen LogP contribution < -0.4 is 9.47 Å². The number of rotatable bonds is 4. The first kappa shape index (κ1) is 14.7. The van der Waals surface area contributed by atoms with Gasteiger partial charge in [0.25, 0.3) is 0 Å². The van der Waals surface area contributed by atoms with E-state index >= 15 is 0 Å². The number of benzene rings is 1. The molecule has 2 aromatic rings. The minimum atomic E-state index is 0. The van der Waals surface area contributed by atoms with Gasteiger partial charge in [-0.05, 0) is 18.2 Å². The van der Waals surface area contributed by atoms with E-state index in [-0.39, 0.29) is 12.4 Å². The topological polar surface area (TPSA) is 36.3 Å². The fraction of sp³-hybridized carbons (Fsp3) is 0.250. The Bertz CT molecular complexity index is 517. The molecule has 18 heavy (non-hydrogen) atoms. The summed E-state index contributed by atoms with van der Waals surface area (Å²) in [5, 5.41) is 0.942. The van der Waals surface area contributed by atoms with Crippen molar-refractivity contribution < 1.29 is 9.47 Å². The third-order valence-corrected chi connectivity index (χ3v) is 3.41. The van der Waals surface area contributed by atoms with Crippen LogP contribution >= 0.6 is 24.2 Å². The number of halogens is 1. The van der Waals surface area contributed by atoms with Crippen molar-refractivity contribution in [3.63, 3.8) is 0 Å². The first-order valence-electron chi connectivity index (χ1n) is 5.12. The van der Waals surface area contributed by atoms with Crippen LogP contribution in [0.1, 0.15) is 0 Å². The van der Waals surface area contributed by atoms with Gasteiger partial charge in [0.1, 0.15) is 0 Å². The molecule has 0 bridgehead atoms. The zero-order valence-corrected chi connectivity index (χ0v) is 12.0. The van der Waals surface area contributed by atoms with Gasteiger partial charge >= 0.3 is 0 Å². The Kier molecular flexibility index (Phi) is 5.37. The van der Waals surface area contributed by atoms with Crippen molar-refractivity contribution in [3.8, 4) is 11.5 Å². The fourth-order valence-corrected chi connectivity index (χ4v) is 2.27. The zero-order chi connectivity index (χ0) is 12.3. The molecule has 0 saturated heterocycles. The van der Waals surface area contributed by atoms with Crippen molar-refractivity contribution in [3.05, 3.63) is 30.6 Å². The number of hydrogen-bond acceptors (Lipinski definition) is 4. The van der Waals surface area contributed by atoms with Gasteiger partial charge in [0, 0.05) is 24.3 Å². The van der Waals surface area contributed by atoms with E-state index in [4.69, 9.17) is 9.47 Å². The summed E-state index contributed by atoms with van der Waals surface area (Å²) < 4.78 is 12.4. The number of methoxy groups -OCH3 is 2. The Labute approximate surface area is 117 Å². The smallest absolute Gasteiger partial charge is 0.172 e. The first-order valence-corrected chi connectivity index (χ1v) is 5.93. The molecule has 4 nitrogen and oxygen atoms in total. The highest BCUT2D eigenvalue weighted by atomic mass is 35.5. The molecule has 0 spiro atoms. The number of hydrogen-bond donors (Lipinski definition) is 0. The lowest BCUT2D eigenvalue weighted by Gasteiger charge is -2.09. The number of aromatic nitrogens is 2. The molecule has 98 valence electrons. The van der Waals surface area contributed by atoms with Gasteiger partial charge in [0.15, 0.2) is 16.7 Å². The summed E-state index contributed by atoms with van der Waals surface area (Å²) in [4.78, 5) is 5.33. The molecule has 0 saturated carbocycles. The van der Waals surface area contributed by atoms with Crippen molar-refractivity contribution in [1.82, 2.24) is 9.55 Å². The lowest BCUT2D eigenvalue weighted by Crippen LogP contribution is -1.91. The number of ether oxygens (including phenoxy) is 2.